The van der Waals surface area contributed by atoms with E-state index in [4.69, 9.17) is 11.6 Å². The van der Waals surface area contributed by atoms with Crippen LogP contribution in [0.3, 0.4) is 0 Å². The number of nitrogens with zero attached hydrogens (tertiary/aromatic N) is 2. The van der Waals surface area contributed by atoms with Crippen LogP contribution in [-0.2, 0) is 6.42 Å². The van der Waals surface area contributed by atoms with E-state index in [9.17, 15) is 4.79 Å². The second-order valence-electron chi connectivity index (χ2n) is 4.92. The van der Waals surface area contributed by atoms with Crippen molar-refractivity contribution in [2.24, 2.45) is 0 Å². The highest BCUT2D eigenvalue weighted by Gasteiger charge is 2.26. The number of carbonyl (C=O) groups is 1. The summed E-state index contributed by atoms with van der Waals surface area (Å²) in [6.07, 6.45) is 2.40. The summed E-state index contributed by atoms with van der Waals surface area (Å²) in [4.78, 5) is 18.7. The predicted molar refractivity (Wildman–Crippen MR) is 85.2 cm³/mol. The molecule has 0 fully saturated rings. The van der Waals surface area contributed by atoms with Crippen molar-refractivity contribution in [2.45, 2.75) is 13.3 Å². The molecule has 0 spiro atoms. The molecule has 1 N–H and O–H groups in total. The Morgan fingerprint density at radius 2 is 2.24 bits per heavy atom. The van der Waals surface area contributed by atoms with Crippen LogP contribution in [0.1, 0.15) is 22.8 Å². The van der Waals surface area contributed by atoms with Gasteiger partial charge in [0.2, 0.25) is 0 Å². The van der Waals surface area contributed by atoms with Crippen molar-refractivity contribution in [3.63, 3.8) is 0 Å². The molecule has 0 radical (unpaired) electrons. The molecule has 0 aliphatic carbocycles. The third-order valence-electron chi connectivity index (χ3n) is 3.58. The van der Waals surface area contributed by atoms with E-state index in [0.29, 0.717) is 22.9 Å². The summed E-state index contributed by atoms with van der Waals surface area (Å²) in [6.45, 7) is 3.41. The van der Waals surface area contributed by atoms with Crippen molar-refractivity contribution in [3.05, 3.63) is 52.7 Å². The first-order chi connectivity index (χ1) is 10.2. The van der Waals surface area contributed by atoms with E-state index in [1.807, 2.05) is 25.1 Å². The molecular formula is C16H16ClN3O. The minimum atomic E-state index is -0.0773. The Hall–Kier alpha value is -2.07. The molecule has 1 aliphatic rings. The highest BCUT2D eigenvalue weighted by atomic mass is 35.5. The Labute approximate surface area is 128 Å². The monoisotopic (exact) mass is 301 g/mol. The molecule has 2 heterocycles. The average molecular weight is 302 g/mol. The van der Waals surface area contributed by atoms with Gasteiger partial charge in [-0.2, -0.15) is 0 Å². The topological polar surface area (TPSA) is 45.2 Å². The first kappa shape index (κ1) is 13.9. The van der Waals surface area contributed by atoms with Gasteiger partial charge in [-0.1, -0.05) is 29.8 Å². The van der Waals surface area contributed by atoms with E-state index < -0.39 is 0 Å². The minimum Gasteiger partial charge on any atom is -0.370 e. The first-order valence-corrected chi connectivity index (χ1v) is 7.37. The third-order valence-corrected chi connectivity index (χ3v) is 3.88. The number of nitrogens with one attached hydrogen (secondary N) is 1. The van der Waals surface area contributed by atoms with Gasteiger partial charge in [-0.25, -0.2) is 4.98 Å². The summed E-state index contributed by atoms with van der Waals surface area (Å²) in [6, 6.07) is 9.69. The minimum absolute atomic E-state index is 0.0773. The predicted octanol–water partition coefficient (Wildman–Crippen LogP) is 3.37. The van der Waals surface area contributed by atoms with Gasteiger partial charge in [-0.3, -0.25) is 4.79 Å². The number of para-hydroxylation sites is 1. The van der Waals surface area contributed by atoms with Crippen LogP contribution in [0.25, 0.3) is 0 Å². The number of rotatable bonds is 3. The van der Waals surface area contributed by atoms with Gasteiger partial charge >= 0.3 is 0 Å². The van der Waals surface area contributed by atoms with E-state index in [1.54, 1.807) is 11.0 Å². The van der Waals surface area contributed by atoms with Gasteiger partial charge in [0.1, 0.15) is 5.82 Å². The van der Waals surface area contributed by atoms with Crippen LogP contribution >= 0.6 is 11.6 Å². The normalized spacial score (nSPS) is 13.1. The maximum atomic E-state index is 12.8. The first-order valence-electron chi connectivity index (χ1n) is 7.00. The quantitative estimate of drug-likeness (QED) is 0.945. The van der Waals surface area contributed by atoms with Crippen LogP contribution < -0.4 is 10.2 Å². The fourth-order valence-electron chi connectivity index (χ4n) is 2.57. The number of benzene rings is 1. The summed E-state index contributed by atoms with van der Waals surface area (Å²) in [5.74, 6) is 0.587. The van der Waals surface area contributed by atoms with Crippen molar-refractivity contribution < 1.29 is 4.79 Å². The largest absolute Gasteiger partial charge is 0.370 e. The molecule has 108 valence electrons. The molecule has 4 nitrogen and oxygen atoms in total. The Kier molecular flexibility index (Phi) is 3.80. The molecule has 0 unspecified atom stereocenters. The van der Waals surface area contributed by atoms with Gasteiger partial charge in [-0.15, -0.1) is 0 Å². The lowest BCUT2D eigenvalue weighted by atomic mass is 10.1. The number of halogens is 1. The number of hydrogen-bond acceptors (Lipinski definition) is 3. The highest BCUT2D eigenvalue weighted by Crippen LogP contribution is 2.30. The number of aromatic nitrogens is 1. The Balaban J connectivity index is 1.94. The van der Waals surface area contributed by atoms with E-state index in [2.05, 4.69) is 16.4 Å². The molecule has 5 heteroatoms. The Morgan fingerprint density at radius 1 is 1.43 bits per heavy atom. The lowest BCUT2D eigenvalue weighted by Crippen LogP contribution is -2.29. The third kappa shape index (κ3) is 2.59. The summed E-state index contributed by atoms with van der Waals surface area (Å²) < 4.78 is 0. The number of carbonyl (C=O) groups excluding carboxylic acids is 1. The molecule has 1 aromatic carbocycles. The second-order valence-corrected chi connectivity index (χ2v) is 5.32. The van der Waals surface area contributed by atoms with E-state index >= 15 is 0 Å². The highest BCUT2D eigenvalue weighted by molar-refractivity contribution is 6.34. The lowest BCUT2D eigenvalue weighted by Gasteiger charge is -2.18. The fraction of sp³-hybridized carbons (Fsp3) is 0.250. The van der Waals surface area contributed by atoms with Crippen LogP contribution in [-0.4, -0.2) is 24.0 Å². The summed E-state index contributed by atoms with van der Waals surface area (Å²) in [7, 11) is 0. The molecule has 3 rings (SSSR count). The molecule has 0 atom stereocenters. The zero-order valence-electron chi connectivity index (χ0n) is 11.8. The number of fused-ring (bicyclic) bond motifs is 1. The van der Waals surface area contributed by atoms with Crippen LogP contribution in [0, 0.1) is 0 Å². The zero-order chi connectivity index (χ0) is 14.8. The van der Waals surface area contributed by atoms with Gasteiger partial charge in [0.25, 0.3) is 5.91 Å². The van der Waals surface area contributed by atoms with Crippen LogP contribution in [0.5, 0.6) is 0 Å². The maximum Gasteiger partial charge on any atom is 0.259 e. The van der Waals surface area contributed by atoms with E-state index in [-0.39, 0.29) is 5.91 Å². The Bertz CT molecular complexity index is 687. The molecule has 1 amide bonds. The van der Waals surface area contributed by atoms with Crippen LogP contribution in [0.2, 0.25) is 5.02 Å². The van der Waals surface area contributed by atoms with Crippen LogP contribution in [0.15, 0.2) is 36.5 Å². The number of amides is 1. The van der Waals surface area contributed by atoms with Gasteiger partial charge < -0.3 is 10.2 Å². The van der Waals surface area contributed by atoms with Gasteiger partial charge in [0.15, 0.2) is 0 Å². The number of hydrogen-bond donors (Lipinski definition) is 1. The molecule has 1 aliphatic heterocycles. The molecule has 1 aromatic heterocycles. The smallest absolute Gasteiger partial charge is 0.259 e. The maximum absolute atomic E-state index is 12.8. The molecule has 0 saturated heterocycles. The van der Waals surface area contributed by atoms with E-state index in [1.165, 1.54) is 11.8 Å². The van der Waals surface area contributed by atoms with Crippen molar-refractivity contribution in [1.29, 1.82) is 0 Å². The molecule has 21 heavy (non-hydrogen) atoms. The average Bonchev–Trinajstić information content (AvgIpc) is 2.93. The summed E-state index contributed by atoms with van der Waals surface area (Å²) >= 11 is 6.16. The standard InChI is InChI=1S/C16H16ClN3O/c1-2-18-15-9-12(13(17)10-19-15)16(21)20-8-7-11-5-3-4-6-14(11)20/h3-6,9-10H,2,7-8H2,1H3,(H,18,19). The van der Waals surface area contributed by atoms with Crippen molar-refractivity contribution in [2.75, 3.05) is 23.3 Å². The van der Waals surface area contributed by atoms with Gasteiger partial charge in [0, 0.05) is 25.0 Å². The fourth-order valence-corrected chi connectivity index (χ4v) is 2.76. The number of pyridine rings is 1. The summed E-state index contributed by atoms with van der Waals surface area (Å²) in [5, 5.41) is 3.48. The SMILES string of the molecule is CCNc1cc(C(=O)N2CCc3ccccc32)c(Cl)cn1. The van der Waals surface area contributed by atoms with E-state index in [0.717, 1.165) is 18.7 Å². The zero-order valence-corrected chi connectivity index (χ0v) is 12.5. The molecule has 2 aromatic rings. The van der Waals surface area contributed by atoms with Gasteiger partial charge in [0.05, 0.1) is 10.6 Å². The number of anilines is 2. The van der Waals surface area contributed by atoms with Crippen LogP contribution in [0.4, 0.5) is 11.5 Å². The second kappa shape index (κ2) is 5.74. The Morgan fingerprint density at radius 3 is 3.05 bits per heavy atom. The molecule has 0 bridgehead atoms. The van der Waals surface area contributed by atoms with Crippen molar-refractivity contribution in [1.82, 2.24) is 4.98 Å². The molecule has 0 saturated carbocycles. The summed E-state index contributed by atoms with van der Waals surface area (Å²) in [5.41, 5.74) is 2.66. The van der Waals surface area contributed by atoms with Gasteiger partial charge in [-0.05, 0) is 31.0 Å². The van der Waals surface area contributed by atoms with Crippen molar-refractivity contribution >= 4 is 29.0 Å². The van der Waals surface area contributed by atoms with Crippen molar-refractivity contribution in [3.8, 4) is 0 Å². The lowest BCUT2D eigenvalue weighted by molar-refractivity contribution is 0.0989. The molecular weight excluding hydrogens is 286 g/mol.